The number of pyridine rings is 1. The van der Waals surface area contributed by atoms with Crippen molar-refractivity contribution in [3.05, 3.63) is 186 Å². The molecule has 0 amide bonds. The van der Waals surface area contributed by atoms with Gasteiger partial charge in [0, 0.05) is 49.3 Å². The third-order valence-corrected chi connectivity index (χ3v) is 8.27. The second kappa shape index (κ2) is 17.7. The number of hydrogen-bond acceptors (Lipinski definition) is 3. The van der Waals surface area contributed by atoms with E-state index >= 15 is 0 Å². The number of rotatable bonds is 5. The van der Waals surface area contributed by atoms with Gasteiger partial charge in [0.2, 0.25) is 0 Å². The van der Waals surface area contributed by atoms with Crippen LogP contribution in [0.15, 0.2) is 116 Å². The summed E-state index contributed by atoms with van der Waals surface area (Å²) in [6.45, 7) is 7.80. The Balaban J connectivity index is 0.000000162. The average Bonchev–Trinajstić information content (AvgIpc) is 3.90. The predicted molar refractivity (Wildman–Crippen MR) is 187 cm³/mol. The standard InChI is InChI=1S/2C17H13F2N2.C7H5N4.Ir/c2*1-12-13(2)21(17-9-5-15(19)6-10-17)11-20(12)16-7-3-14(18)4-8-16;1-2-4-8-6(3-1)7-5-9-11-10-7;/h2*3-9H,1-2H3;1-5H;/q3*-1;. The summed E-state index contributed by atoms with van der Waals surface area (Å²) in [4.78, 5) is 4.08. The Labute approximate surface area is 323 Å². The smallest absolute Gasteiger partial charge is 0.267 e. The molecular weight excluding hydrogens is 873 g/mol. The van der Waals surface area contributed by atoms with Crippen molar-refractivity contribution in [2.24, 2.45) is 0 Å². The third kappa shape index (κ3) is 9.11. The largest absolute Gasteiger partial charge is 0.358 e. The van der Waals surface area contributed by atoms with Gasteiger partial charge in [-0.15, -0.1) is 24.3 Å². The molecule has 4 aromatic carbocycles. The van der Waals surface area contributed by atoms with Crippen LogP contribution >= 0.6 is 0 Å². The van der Waals surface area contributed by atoms with Crippen LogP contribution < -0.4 is 14.2 Å². The van der Waals surface area contributed by atoms with Crippen LogP contribution in [0.25, 0.3) is 34.1 Å². The minimum Gasteiger partial charge on any atom is -0.358 e. The van der Waals surface area contributed by atoms with Gasteiger partial charge in [-0.1, -0.05) is 12.3 Å². The Hall–Kier alpha value is -6.04. The van der Waals surface area contributed by atoms with E-state index in [1.807, 2.05) is 55.0 Å². The molecular formula is C41H31F4IrN8-3. The summed E-state index contributed by atoms with van der Waals surface area (Å²) in [6.07, 6.45) is 9.65. The number of aromatic nitrogens is 8. The Morgan fingerprint density at radius 3 is 1.43 bits per heavy atom. The van der Waals surface area contributed by atoms with Crippen LogP contribution in [0.1, 0.15) is 22.8 Å². The first-order valence-corrected chi connectivity index (χ1v) is 16.2. The second-order valence-electron chi connectivity index (χ2n) is 11.7. The minimum atomic E-state index is -0.327. The van der Waals surface area contributed by atoms with E-state index in [-0.39, 0.29) is 43.4 Å². The maximum absolute atomic E-state index is 13.0. The summed E-state index contributed by atoms with van der Waals surface area (Å²) in [5, 5.41) is 10.8. The third-order valence-electron chi connectivity index (χ3n) is 8.27. The number of nitrogens with zero attached hydrogens (tertiary/aromatic N) is 8. The molecule has 1 radical (unpaired) electrons. The zero-order chi connectivity index (χ0) is 37.5. The van der Waals surface area contributed by atoms with Gasteiger partial charge in [-0.2, -0.15) is 24.3 Å². The van der Waals surface area contributed by atoms with Crippen molar-refractivity contribution in [2.45, 2.75) is 27.7 Å². The molecule has 8 nitrogen and oxygen atoms in total. The Kier molecular flexibility index (Phi) is 12.8. The fourth-order valence-corrected chi connectivity index (χ4v) is 5.18. The summed E-state index contributed by atoms with van der Waals surface area (Å²) >= 11 is 0. The van der Waals surface area contributed by atoms with Gasteiger partial charge in [0.05, 0.1) is 28.5 Å². The molecule has 8 rings (SSSR count). The molecule has 0 saturated heterocycles. The molecule has 8 aromatic rings. The first kappa shape index (κ1) is 39.2. The molecule has 0 atom stereocenters. The van der Waals surface area contributed by atoms with E-state index in [9.17, 15) is 17.6 Å². The van der Waals surface area contributed by atoms with Gasteiger partial charge in [0.25, 0.3) is 12.7 Å². The maximum Gasteiger partial charge on any atom is 0.267 e. The van der Waals surface area contributed by atoms with Crippen LogP contribution in [0.4, 0.5) is 17.6 Å². The van der Waals surface area contributed by atoms with Crippen LogP contribution in [-0.4, -0.2) is 24.4 Å². The number of halogens is 4. The van der Waals surface area contributed by atoms with Gasteiger partial charge in [-0.3, -0.25) is 28.1 Å². The summed E-state index contributed by atoms with van der Waals surface area (Å²) in [5.41, 5.74) is 8.43. The quantitative estimate of drug-likeness (QED) is 0.106. The molecule has 0 bridgehead atoms. The van der Waals surface area contributed by atoms with Gasteiger partial charge >= 0.3 is 0 Å². The second-order valence-corrected chi connectivity index (χ2v) is 11.7. The molecule has 4 aromatic heterocycles. The Morgan fingerprint density at radius 1 is 0.593 bits per heavy atom. The summed E-state index contributed by atoms with van der Waals surface area (Å²) in [5.74, 6) is -1.21. The van der Waals surface area contributed by atoms with Crippen molar-refractivity contribution in [1.82, 2.24) is 29.5 Å². The first-order valence-electron chi connectivity index (χ1n) is 16.2. The van der Waals surface area contributed by atoms with Gasteiger partial charge in [0.1, 0.15) is 11.6 Å². The summed E-state index contributed by atoms with van der Waals surface area (Å²) < 4.78 is 59.3. The monoisotopic (exact) mass is 904 g/mol. The molecule has 0 fully saturated rings. The van der Waals surface area contributed by atoms with E-state index < -0.39 is 0 Å². The van der Waals surface area contributed by atoms with Crippen molar-refractivity contribution in [3.8, 4) is 34.1 Å². The molecule has 0 N–H and O–H groups in total. The maximum atomic E-state index is 13.0. The predicted octanol–water partition coefficient (Wildman–Crippen LogP) is 6.99. The SMILES string of the molecule is Cc1c(C)[n+](-c2ccc(F)cc2)[c-]n1-c1[c-]cc(F)cc1.Cc1c(C)[n+](-c2ccc(F)cc2)[c-]n1-c1[c-]cc(F)cc1.[Ir].c1ccc(-c2cnn[n-]2)nc1. The van der Waals surface area contributed by atoms with Crippen LogP contribution in [0.5, 0.6) is 0 Å². The van der Waals surface area contributed by atoms with Crippen molar-refractivity contribution < 1.29 is 46.8 Å². The van der Waals surface area contributed by atoms with Gasteiger partial charge < -0.3 is 19.3 Å². The molecule has 275 valence electrons. The van der Waals surface area contributed by atoms with E-state index in [1.165, 1.54) is 48.5 Å². The van der Waals surface area contributed by atoms with Crippen molar-refractivity contribution >= 4 is 0 Å². The minimum absolute atomic E-state index is 0. The number of hydrogen-bond donors (Lipinski definition) is 0. The van der Waals surface area contributed by atoms with E-state index in [0.717, 1.165) is 39.8 Å². The summed E-state index contributed by atoms with van der Waals surface area (Å²) in [6, 6.07) is 32.4. The zero-order valence-corrected chi connectivity index (χ0v) is 31.8. The van der Waals surface area contributed by atoms with E-state index in [1.54, 1.807) is 57.9 Å². The molecule has 0 unspecified atom stereocenters. The summed E-state index contributed by atoms with van der Waals surface area (Å²) in [7, 11) is 0. The van der Waals surface area contributed by atoms with Crippen LogP contribution in [-0.2, 0) is 20.1 Å². The van der Waals surface area contributed by atoms with Gasteiger partial charge in [-0.25, -0.2) is 8.78 Å². The van der Waals surface area contributed by atoms with E-state index in [4.69, 9.17) is 0 Å². The van der Waals surface area contributed by atoms with Crippen molar-refractivity contribution in [2.75, 3.05) is 0 Å². The van der Waals surface area contributed by atoms with Crippen LogP contribution in [0.3, 0.4) is 0 Å². The van der Waals surface area contributed by atoms with Crippen molar-refractivity contribution in [1.29, 1.82) is 0 Å². The molecule has 0 spiro atoms. The first-order chi connectivity index (χ1) is 25.6. The molecule has 0 saturated carbocycles. The zero-order valence-electron chi connectivity index (χ0n) is 29.4. The van der Waals surface area contributed by atoms with Crippen LogP contribution in [0.2, 0.25) is 0 Å². The Morgan fingerprint density at radius 2 is 1.06 bits per heavy atom. The molecule has 0 aliphatic rings. The van der Waals surface area contributed by atoms with Crippen molar-refractivity contribution in [3.63, 3.8) is 0 Å². The molecule has 0 aliphatic carbocycles. The number of benzene rings is 4. The topological polar surface area (TPSA) is 70.4 Å². The van der Waals surface area contributed by atoms with E-state index in [2.05, 4.69) is 45.2 Å². The fraction of sp³-hybridized carbons (Fsp3) is 0.0976. The van der Waals surface area contributed by atoms with Crippen LogP contribution in [0, 0.1) is 75.8 Å². The molecule has 54 heavy (non-hydrogen) atoms. The molecule has 4 heterocycles. The fourth-order valence-electron chi connectivity index (χ4n) is 5.18. The molecule has 13 heteroatoms. The molecule has 0 aliphatic heterocycles. The Bertz CT molecular complexity index is 2120. The van der Waals surface area contributed by atoms with E-state index in [0.29, 0.717) is 17.1 Å². The average molecular weight is 904 g/mol. The normalized spacial score (nSPS) is 10.4. The number of imidazole rings is 2. The van der Waals surface area contributed by atoms with Gasteiger partial charge in [-0.05, 0) is 105 Å². The van der Waals surface area contributed by atoms with Gasteiger partial charge in [0.15, 0.2) is 0 Å².